The molecule has 0 saturated heterocycles. The molecule has 118 valence electrons. The number of hydrogen-bond acceptors (Lipinski definition) is 4. The van der Waals surface area contributed by atoms with E-state index in [-0.39, 0.29) is 5.02 Å². The minimum atomic E-state index is -0.439. The quantitative estimate of drug-likeness (QED) is 0.782. The first-order valence-electron chi connectivity index (χ1n) is 7.13. The maximum absolute atomic E-state index is 13.4. The van der Waals surface area contributed by atoms with Gasteiger partial charge in [0.1, 0.15) is 5.82 Å². The molecular formula is C17H15ClFN3O. The summed E-state index contributed by atoms with van der Waals surface area (Å²) in [5.41, 5.74) is 8.94. The first-order chi connectivity index (χ1) is 11.0. The fourth-order valence-corrected chi connectivity index (χ4v) is 2.61. The summed E-state index contributed by atoms with van der Waals surface area (Å²) in [5.74, 6) is 0.509. The number of nitrogens with zero attached hydrogens (tertiary/aromatic N) is 2. The van der Waals surface area contributed by atoms with Gasteiger partial charge in [-0.15, -0.1) is 0 Å². The van der Waals surface area contributed by atoms with Gasteiger partial charge in [0.15, 0.2) is 5.82 Å². The predicted octanol–water partition coefficient (Wildman–Crippen LogP) is 4.08. The van der Waals surface area contributed by atoms with Crippen LogP contribution in [0.15, 0.2) is 47.0 Å². The molecule has 6 heteroatoms. The van der Waals surface area contributed by atoms with Crippen molar-refractivity contribution in [2.45, 2.75) is 19.4 Å². The topological polar surface area (TPSA) is 64.9 Å². The predicted molar refractivity (Wildman–Crippen MR) is 86.5 cm³/mol. The van der Waals surface area contributed by atoms with Crippen LogP contribution in [0.2, 0.25) is 5.02 Å². The highest BCUT2D eigenvalue weighted by atomic mass is 35.5. The molecule has 3 rings (SSSR count). The summed E-state index contributed by atoms with van der Waals surface area (Å²) in [4.78, 5) is 4.16. The summed E-state index contributed by atoms with van der Waals surface area (Å²) in [6.45, 7) is 1.74. The van der Waals surface area contributed by atoms with E-state index in [0.717, 1.165) is 16.7 Å². The lowest BCUT2D eigenvalue weighted by Crippen LogP contribution is -2.14. The van der Waals surface area contributed by atoms with Gasteiger partial charge in [-0.2, -0.15) is 4.98 Å². The number of benzene rings is 2. The lowest BCUT2D eigenvalue weighted by atomic mass is 9.95. The van der Waals surface area contributed by atoms with Crippen molar-refractivity contribution < 1.29 is 8.91 Å². The first kappa shape index (κ1) is 15.6. The van der Waals surface area contributed by atoms with Gasteiger partial charge in [-0.05, 0) is 42.2 Å². The van der Waals surface area contributed by atoms with Crippen molar-refractivity contribution in [2.75, 3.05) is 0 Å². The smallest absolute Gasteiger partial charge is 0.243 e. The molecule has 0 amide bonds. The highest BCUT2D eigenvalue weighted by molar-refractivity contribution is 6.31. The Morgan fingerprint density at radius 1 is 1.26 bits per heavy atom. The largest absolute Gasteiger partial charge is 0.338 e. The van der Waals surface area contributed by atoms with Crippen LogP contribution in [0.1, 0.15) is 23.3 Å². The van der Waals surface area contributed by atoms with E-state index >= 15 is 0 Å². The van der Waals surface area contributed by atoms with Gasteiger partial charge in [0, 0.05) is 0 Å². The van der Waals surface area contributed by atoms with Crippen molar-refractivity contribution in [1.82, 2.24) is 10.1 Å². The van der Waals surface area contributed by atoms with E-state index in [1.807, 2.05) is 24.3 Å². The fraction of sp³-hybridized carbons (Fsp3) is 0.176. The summed E-state index contributed by atoms with van der Waals surface area (Å²) >= 11 is 5.89. The molecule has 0 aliphatic heterocycles. The van der Waals surface area contributed by atoms with Crippen LogP contribution < -0.4 is 5.73 Å². The second-order valence-electron chi connectivity index (χ2n) is 5.28. The van der Waals surface area contributed by atoms with Crippen LogP contribution in [0.25, 0.3) is 11.1 Å². The average Bonchev–Trinajstić information content (AvgIpc) is 2.97. The van der Waals surface area contributed by atoms with Crippen LogP contribution in [-0.4, -0.2) is 10.1 Å². The SMILES string of the molecule is Cc1noc(C(N)Cc2ccccc2-c2ccc(F)c(Cl)c2)n1. The Hall–Kier alpha value is -2.24. The lowest BCUT2D eigenvalue weighted by Gasteiger charge is -2.13. The number of halogens is 2. The van der Waals surface area contributed by atoms with Gasteiger partial charge in [-0.1, -0.05) is 47.1 Å². The summed E-state index contributed by atoms with van der Waals surface area (Å²) < 4.78 is 18.5. The Labute approximate surface area is 138 Å². The highest BCUT2D eigenvalue weighted by Gasteiger charge is 2.16. The van der Waals surface area contributed by atoms with Crippen LogP contribution in [0, 0.1) is 12.7 Å². The normalized spacial score (nSPS) is 12.3. The number of rotatable bonds is 4. The molecule has 0 radical (unpaired) electrons. The minimum Gasteiger partial charge on any atom is -0.338 e. The molecule has 1 atom stereocenters. The summed E-state index contributed by atoms with van der Waals surface area (Å²) in [5, 5.41) is 3.85. The van der Waals surface area contributed by atoms with Crippen LogP contribution in [0.4, 0.5) is 4.39 Å². The van der Waals surface area contributed by atoms with E-state index in [9.17, 15) is 4.39 Å². The Bertz CT molecular complexity index is 834. The van der Waals surface area contributed by atoms with E-state index < -0.39 is 11.9 Å². The number of hydrogen-bond donors (Lipinski definition) is 1. The summed E-state index contributed by atoms with van der Waals surface area (Å²) in [7, 11) is 0. The number of aromatic nitrogens is 2. The van der Waals surface area contributed by atoms with Crippen molar-refractivity contribution >= 4 is 11.6 Å². The molecule has 0 spiro atoms. The molecule has 2 N–H and O–H groups in total. The molecule has 3 aromatic rings. The zero-order valence-electron chi connectivity index (χ0n) is 12.5. The van der Waals surface area contributed by atoms with Gasteiger partial charge in [0.25, 0.3) is 0 Å². The van der Waals surface area contributed by atoms with Crippen molar-refractivity contribution in [1.29, 1.82) is 0 Å². The maximum atomic E-state index is 13.4. The number of nitrogens with two attached hydrogens (primary N) is 1. The molecule has 2 aromatic carbocycles. The van der Waals surface area contributed by atoms with E-state index in [1.54, 1.807) is 19.1 Å². The third-order valence-electron chi connectivity index (χ3n) is 3.55. The van der Waals surface area contributed by atoms with E-state index in [4.69, 9.17) is 21.9 Å². The number of aryl methyl sites for hydroxylation is 1. The second-order valence-corrected chi connectivity index (χ2v) is 5.68. The standard InChI is InChI=1S/C17H15ClFN3O/c1-10-21-17(23-22-10)16(20)9-11-4-2-3-5-13(11)12-6-7-15(19)14(18)8-12/h2-8,16H,9,20H2,1H3. The van der Waals surface area contributed by atoms with Crippen LogP contribution in [-0.2, 0) is 6.42 Å². The molecule has 0 fully saturated rings. The maximum Gasteiger partial charge on any atom is 0.243 e. The van der Waals surface area contributed by atoms with Gasteiger partial charge in [-0.3, -0.25) is 0 Å². The first-order valence-corrected chi connectivity index (χ1v) is 7.51. The van der Waals surface area contributed by atoms with Crippen LogP contribution in [0.5, 0.6) is 0 Å². The molecule has 4 nitrogen and oxygen atoms in total. The monoisotopic (exact) mass is 331 g/mol. The molecule has 1 heterocycles. The zero-order valence-corrected chi connectivity index (χ0v) is 13.2. The lowest BCUT2D eigenvalue weighted by molar-refractivity contribution is 0.351. The van der Waals surface area contributed by atoms with Gasteiger partial charge < -0.3 is 10.3 Å². The Kier molecular flexibility index (Phi) is 4.41. The Morgan fingerprint density at radius 2 is 2.04 bits per heavy atom. The fourth-order valence-electron chi connectivity index (χ4n) is 2.43. The molecule has 0 aliphatic carbocycles. The van der Waals surface area contributed by atoms with Gasteiger partial charge in [0.2, 0.25) is 5.89 Å². The van der Waals surface area contributed by atoms with Gasteiger partial charge in [-0.25, -0.2) is 4.39 Å². The third kappa shape index (κ3) is 3.41. The molecular weight excluding hydrogens is 317 g/mol. The molecule has 23 heavy (non-hydrogen) atoms. The molecule has 0 aliphatic rings. The van der Waals surface area contributed by atoms with Crippen molar-refractivity contribution in [3.8, 4) is 11.1 Å². The van der Waals surface area contributed by atoms with Crippen LogP contribution >= 0.6 is 11.6 Å². The van der Waals surface area contributed by atoms with Crippen molar-refractivity contribution in [3.05, 3.63) is 70.6 Å². The summed E-state index contributed by atoms with van der Waals surface area (Å²) in [6, 6.07) is 12.0. The second kappa shape index (κ2) is 6.48. The highest BCUT2D eigenvalue weighted by Crippen LogP contribution is 2.29. The molecule has 1 unspecified atom stereocenters. The summed E-state index contributed by atoms with van der Waals surface area (Å²) in [6.07, 6.45) is 0.521. The van der Waals surface area contributed by atoms with Crippen molar-refractivity contribution in [2.24, 2.45) is 5.73 Å². The molecule has 0 saturated carbocycles. The van der Waals surface area contributed by atoms with E-state index in [0.29, 0.717) is 18.1 Å². The molecule has 1 aromatic heterocycles. The Balaban J connectivity index is 1.93. The average molecular weight is 332 g/mol. The van der Waals surface area contributed by atoms with E-state index in [1.165, 1.54) is 6.07 Å². The van der Waals surface area contributed by atoms with Gasteiger partial charge in [0.05, 0.1) is 11.1 Å². The van der Waals surface area contributed by atoms with Crippen LogP contribution in [0.3, 0.4) is 0 Å². The van der Waals surface area contributed by atoms with Gasteiger partial charge >= 0.3 is 0 Å². The zero-order chi connectivity index (χ0) is 16.4. The minimum absolute atomic E-state index is 0.0918. The van der Waals surface area contributed by atoms with E-state index in [2.05, 4.69) is 10.1 Å². The Morgan fingerprint density at radius 3 is 2.74 bits per heavy atom. The third-order valence-corrected chi connectivity index (χ3v) is 3.84. The van der Waals surface area contributed by atoms with Crippen molar-refractivity contribution in [3.63, 3.8) is 0 Å². The molecule has 0 bridgehead atoms.